The lowest BCUT2D eigenvalue weighted by molar-refractivity contribution is -0.121. The molecule has 2 rings (SSSR count). The molecule has 0 aliphatic rings. The molecule has 1 amide bonds. The van der Waals surface area contributed by atoms with Crippen molar-refractivity contribution >= 4 is 23.2 Å². The predicted molar refractivity (Wildman–Crippen MR) is 82.0 cm³/mol. The Morgan fingerprint density at radius 1 is 1.30 bits per heavy atom. The van der Waals surface area contributed by atoms with Gasteiger partial charge in [0.05, 0.1) is 13.2 Å². The van der Waals surface area contributed by atoms with Gasteiger partial charge in [0.2, 0.25) is 5.91 Å². The fraction of sp³-hybridized carbons (Fsp3) is 0.267. The number of rotatable bonds is 8. The average molecular weight is 338 g/mol. The fourth-order valence-corrected chi connectivity index (χ4v) is 2.41. The number of hydrogen-bond donors (Lipinski definition) is 2. The van der Waals surface area contributed by atoms with Crippen LogP contribution in [-0.2, 0) is 11.3 Å². The van der Waals surface area contributed by atoms with Crippen molar-refractivity contribution in [2.24, 2.45) is 0 Å². The van der Waals surface area contributed by atoms with Crippen LogP contribution in [0.2, 0.25) is 0 Å². The van der Waals surface area contributed by atoms with Crippen LogP contribution in [0.3, 0.4) is 0 Å². The van der Waals surface area contributed by atoms with Crippen molar-refractivity contribution in [1.29, 1.82) is 0 Å². The second-order valence-corrected chi connectivity index (χ2v) is 5.56. The summed E-state index contributed by atoms with van der Waals surface area (Å²) in [6.07, 6.45) is 0.791. The first-order valence-electron chi connectivity index (χ1n) is 6.87. The highest BCUT2D eigenvalue weighted by atomic mass is 32.1. The Morgan fingerprint density at radius 2 is 2.04 bits per heavy atom. The van der Waals surface area contributed by atoms with Crippen LogP contribution in [0.25, 0.3) is 0 Å². The molecule has 23 heavy (non-hydrogen) atoms. The minimum Gasteiger partial charge on any atom is -0.494 e. The Kier molecular flexibility index (Phi) is 6.04. The van der Waals surface area contributed by atoms with Crippen molar-refractivity contribution in [2.45, 2.75) is 19.4 Å². The zero-order valence-electron chi connectivity index (χ0n) is 12.1. The molecule has 2 aromatic rings. The standard InChI is InChI=1S/C15H15FN2O4S/c16-10-3-5-11(6-4-10)22-7-1-2-13(19)17-8-14-18-12(9-23-14)15(20)21/h3-6,9H,1-2,7-8H2,(H,17,19)(H,20,21). The number of carboxylic acids is 1. The Bertz CT molecular complexity index is 672. The average Bonchev–Trinajstić information content (AvgIpc) is 3.00. The highest BCUT2D eigenvalue weighted by Crippen LogP contribution is 2.12. The number of nitrogens with zero attached hydrogens (tertiary/aromatic N) is 1. The van der Waals surface area contributed by atoms with E-state index < -0.39 is 5.97 Å². The molecule has 8 heteroatoms. The highest BCUT2D eigenvalue weighted by Gasteiger charge is 2.09. The van der Waals surface area contributed by atoms with Crippen LogP contribution in [0.5, 0.6) is 5.75 Å². The summed E-state index contributed by atoms with van der Waals surface area (Å²) in [5.41, 5.74) is -0.0213. The van der Waals surface area contributed by atoms with Crippen LogP contribution >= 0.6 is 11.3 Å². The molecule has 0 atom stereocenters. The van der Waals surface area contributed by atoms with Crippen molar-refractivity contribution < 1.29 is 23.8 Å². The molecule has 0 radical (unpaired) electrons. The van der Waals surface area contributed by atoms with E-state index in [9.17, 15) is 14.0 Å². The van der Waals surface area contributed by atoms with E-state index in [4.69, 9.17) is 9.84 Å². The number of ether oxygens (including phenoxy) is 1. The van der Waals surface area contributed by atoms with Gasteiger partial charge in [-0.3, -0.25) is 4.79 Å². The molecule has 6 nitrogen and oxygen atoms in total. The third-order valence-corrected chi connectivity index (χ3v) is 3.69. The summed E-state index contributed by atoms with van der Waals surface area (Å²) < 4.78 is 18.1. The van der Waals surface area contributed by atoms with Crippen LogP contribution in [0.4, 0.5) is 4.39 Å². The van der Waals surface area contributed by atoms with Crippen molar-refractivity contribution in [1.82, 2.24) is 10.3 Å². The number of aromatic nitrogens is 1. The van der Waals surface area contributed by atoms with Gasteiger partial charge in [0.15, 0.2) is 5.69 Å². The number of thiazole rings is 1. The van der Waals surface area contributed by atoms with Crippen LogP contribution in [-0.4, -0.2) is 28.6 Å². The van der Waals surface area contributed by atoms with E-state index >= 15 is 0 Å². The van der Waals surface area contributed by atoms with Gasteiger partial charge in [-0.2, -0.15) is 0 Å². The van der Waals surface area contributed by atoms with Crippen LogP contribution in [0.15, 0.2) is 29.6 Å². The van der Waals surface area contributed by atoms with Crippen molar-refractivity contribution in [3.8, 4) is 5.75 Å². The molecule has 0 spiro atoms. The second-order valence-electron chi connectivity index (χ2n) is 4.61. The molecular weight excluding hydrogens is 323 g/mol. The summed E-state index contributed by atoms with van der Waals surface area (Å²) >= 11 is 1.18. The zero-order chi connectivity index (χ0) is 16.7. The number of hydrogen-bond acceptors (Lipinski definition) is 5. The molecule has 0 aliphatic heterocycles. The van der Waals surface area contributed by atoms with Crippen LogP contribution in [0, 0.1) is 5.82 Å². The fourth-order valence-electron chi connectivity index (χ4n) is 1.71. The molecule has 1 aromatic carbocycles. The summed E-state index contributed by atoms with van der Waals surface area (Å²) in [6.45, 7) is 0.551. The Balaban J connectivity index is 1.63. The maximum atomic E-state index is 12.7. The van der Waals surface area contributed by atoms with Gasteiger partial charge in [0.1, 0.15) is 16.6 Å². The molecule has 0 aliphatic carbocycles. The number of carbonyl (C=O) groups is 2. The molecular formula is C15H15FN2O4S. The maximum Gasteiger partial charge on any atom is 0.355 e. The van der Waals surface area contributed by atoms with E-state index in [1.54, 1.807) is 0 Å². The largest absolute Gasteiger partial charge is 0.494 e. The van der Waals surface area contributed by atoms with Crippen LogP contribution in [0.1, 0.15) is 28.3 Å². The quantitative estimate of drug-likeness (QED) is 0.722. The van der Waals surface area contributed by atoms with Gasteiger partial charge >= 0.3 is 5.97 Å². The maximum absolute atomic E-state index is 12.7. The molecule has 2 N–H and O–H groups in total. The minimum atomic E-state index is -1.09. The summed E-state index contributed by atoms with van der Waals surface area (Å²) in [4.78, 5) is 26.2. The normalized spacial score (nSPS) is 10.3. The smallest absolute Gasteiger partial charge is 0.355 e. The lowest BCUT2D eigenvalue weighted by Crippen LogP contribution is -2.23. The monoisotopic (exact) mass is 338 g/mol. The zero-order valence-corrected chi connectivity index (χ0v) is 12.9. The third kappa shape index (κ3) is 5.67. The Labute approximate surface area is 135 Å². The molecule has 0 saturated carbocycles. The number of aromatic carboxylic acids is 1. The van der Waals surface area contributed by atoms with Gasteiger partial charge in [0.25, 0.3) is 0 Å². The molecule has 0 bridgehead atoms. The van der Waals surface area contributed by atoms with Gasteiger partial charge in [-0.15, -0.1) is 11.3 Å². The number of amides is 1. The lowest BCUT2D eigenvalue weighted by atomic mass is 10.3. The molecule has 122 valence electrons. The van der Waals surface area contributed by atoms with Crippen molar-refractivity contribution in [3.05, 3.63) is 46.2 Å². The molecule has 1 aromatic heterocycles. The number of benzene rings is 1. The van der Waals surface area contributed by atoms with Crippen LogP contribution < -0.4 is 10.1 Å². The third-order valence-electron chi connectivity index (χ3n) is 2.84. The number of nitrogens with one attached hydrogen (secondary N) is 1. The molecule has 0 unspecified atom stereocenters. The Hall–Kier alpha value is -2.48. The van der Waals surface area contributed by atoms with E-state index in [2.05, 4.69) is 10.3 Å². The summed E-state index contributed by atoms with van der Waals surface area (Å²) in [7, 11) is 0. The van der Waals surface area contributed by atoms with Gasteiger partial charge in [-0.05, 0) is 30.7 Å². The highest BCUT2D eigenvalue weighted by molar-refractivity contribution is 7.09. The second kappa shape index (κ2) is 8.23. The topological polar surface area (TPSA) is 88.5 Å². The lowest BCUT2D eigenvalue weighted by Gasteiger charge is -2.06. The Morgan fingerprint density at radius 3 is 2.70 bits per heavy atom. The van der Waals surface area contributed by atoms with Gasteiger partial charge < -0.3 is 15.2 Å². The molecule has 0 saturated heterocycles. The summed E-state index contributed by atoms with van der Waals surface area (Å²) in [5.74, 6) is -1.03. The van der Waals surface area contributed by atoms with E-state index in [1.165, 1.54) is 41.0 Å². The summed E-state index contributed by atoms with van der Waals surface area (Å²) in [6, 6.07) is 5.67. The van der Waals surface area contributed by atoms with Gasteiger partial charge in [-0.25, -0.2) is 14.2 Å². The SMILES string of the molecule is O=C(CCCOc1ccc(F)cc1)NCc1nc(C(=O)O)cs1. The van der Waals surface area contributed by atoms with Crippen molar-refractivity contribution in [3.63, 3.8) is 0 Å². The van der Waals surface area contributed by atoms with Gasteiger partial charge in [-0.1, -0.05) is 0 Å². The number of carboxylic acid groups (broad SMARTS) is 1. The van der Waals surface area contributed by atoms with Crippen molar-refractivity contribution in [2.75, 3.05) is 6.61 Å². The first kappa shape index (κ1) is 16.9. The first-order chi connectivity index (χ1) is 11.0. The summed E-state index contributed by atoms with van der Waals surface area (Å²) in [5, 5.41) is 13.4. The first-order valence-corrected chi connectivity index (χ1v) is 7.75. The molecule has 1 heterocycles. The van der Waals surface area contributed by atoms with E-state index in [1.807, 2.05) is 0 Å². The van der Waals surface area contributed by atoms with E-state index in [-0.39, 0.29) is 30.4 Å². The van der Waals surface area contributed by atoms with E-state index in [0.717, 1.165) is 0 Å². The minimum absolute atomic E-state index is 0.0213. The number of carbonyl (C=O) groups excluding carboxylic acids is 1. The van der Waals surface area contributed by atoms with E-state index in [0.29, 0.717) is 23.8 Å². The van der Waals surface area contributed by atoms with Gasteiger partial charge in [0, 0.05) is 11.8 Å². The molecule has 0 fully saturated rings. The number of halogens is 1. The predicted octanol–water partition coefficient (Wildman–Crippen LogP) is 2.46.